The normalized spacial score (nSPS) is 14.1. The van der Waals surface area contributed by atoms with Crippen molar-refractivity contribution < 1.29 is 23.6 Å². The van der Waals surface area contributed by atoms with Crippen molar-refractivity contribution in [2.45, 2.75) is 6.92 Å². The van der Waals surface area contributed by atoms with E-state index in [1.54, 1.807) is 19.1 Å². The highest BCUT2D eigenvalue weighted by Gasteiger charge is 2.28. The van der Waals surface area contributed by atoms with Gasteiger partial charge in [0.15, 0.2) is 11.3 Å². The molecule has 0 bridgehead atoms. The SMILES string of the molecule is COc1ccc(OC)c2c(C)cc(N3CCN(C(=O)c4ccc(F)cc4)CC3)[nH+]c12. The molecule has 1 N–H and O–H groups in total. The first-order valence-electron chi connectivity index (χ1n) is 9.89. The number of aryl methyl sites for hydroxylation is 1. The second kappa shape index (κ2) is 8.18. The van der Waals surface area contributed by atoms with Crippen LogP contribution in [0.2, 0.25) is 0 Å². The Bertz CT molecular complexity index is 1080. The number of fused-ring (bicyclic) bond motifs is 1. The first kappa shape index (κ1) is 19.9. The number of aromatic amines is 1. The summed E-state index contributed by atoms with van der Waals surface area (Å²) in [7, 11) is 3.31. The van der Waals surface area contributed by atoms with Gasteiger partial charge in [-0.2, -0.15) is 0 Å². The van der Waals surface area contributed by atoms with Gasteiger partial charge in [-0.3, -0.25) is 9.69 Å². The number of H-pyrrole nitrogens is 1. The summed E-state index contributed by atoms with van der Waals surface area (Å²) in [6.07, 6.45) is 0. The summed E-state index contributed by atoms with van der Waals surface area (Å²) in [5.41, 5.74) is 2.48. The van der Waals surface area contributed by atoms with Crippen molar-refractivity contribution >= 4 is 22.6 Å². The molecule has 0 atom stereocenters. The molecule has 1 saturated heterocycles. The van der Waals surface area contributed by atoms with E-state index in [4.69, 9.17) is 9.47 Å². The minimum absolute atomic E-state index is 0.0697. The summed E-state index contributed by atoms with van der Waals surface area (Å²) in [5, 5.41) is 0.991. The lowest BCUT2D eigenvalue weighted by atomic mass is 10.1. The van der Waals surface area contributed by atoms with Crippen molar-refractivity contribution in [2.75, 3.05) is 45.3 Å². The molecule has 0 aliphatic carbocycles. The Labute approximate surface area is 174 Å². The highest BCUT2D eigenvalue weighted by molar-refractivity contribution is 5.94. The number of aromatic nitrogens is 1. The zero-order chi connectivity index (χ0) is 21.3. The van der Waals surface area contributed by atoms with Crippen LogP contribution >= 0.6 is 0 Å². The number of rotatable bonds is 4. The number of methoxy groups -OCH3 is 2. The number of amides is 1. The number of pyridine rings is 1. The van der Waals surface area contributed by atoms with E-state index in [2.05, 4.69) is 22.9 Å². The molecule has 30 heavy (non-hydrogen) atoms. The number of ether oxygens (including phenoxy) is 2. The molecule has 4 rings (SSSR count). The van der Waals surface area contributed by atoms with Gasteiger partial charge < -0.3 is 14.4 Å². The van der Waals surface area contributed by atoms with Gasteiger partial charge in [-0.25, -0.2) is 9.37 Å². The summed E-state index contributed by atoms with van der Waals surface area (Å²) >= 11 is 0. The molecule has 1 fully saturated rings. The van der Waals surface area contributed by atoms with Crippen molar-refractivity contribution in [1.29, 1.82) is 0 Å². The molecular formula is C23H25FN3O3+. The Morgan fingerprint density at radius 1 is 0.967 bits per heavy atom. The van der Waals surface area contributed by atoms with Crippen molar-refractivity contribution in [3.05, 3.63) is 59.4 Å². The molecule has 1 amide bonds. The highest BCUT2D eigenvalue weighted by atomic mass is 19.1. The number of nitrogens with zero attached hydrogens (tertiary/aromatic N) is 2. The first-order chi connectivity index (χ1) is 14.5. The summed E-state index contributed by atoms with van der Waals surface area (Å²) < 4.78 is 24.2. The van der Waals surface area contributed by atoms with Crippen LogP contribution < -0.4 is 19.4 Å². The molecule has 0 spiro atoms. The molecule has 0 unspecified atom stereocenters. The van der Waals surface area contributed by atoms with Gasteiger partial charge in [0.25, 0.3) is 11.7 Å². The number of benzene rings is 2. The molecular weight excluding hydrogens is 385 g/mol. The maximum atomic E-state index is 13.1. The van der Waals surface area contributed by atoms with Crippen molar-refractivity contribution in [3.8, 4) is 11.5 Å². The Morgan fingerprint density at radius 2 is 1.60 bits per heavy atom. The minimum Gasteiger partial charge on any atom is -0.496 e. The Kier molecular flexibility index (Phi) is 5.44. The smallest absolute Gasteiger partial charge is 0.275 e. The molecule has 2 aromatic carbocycles. The lowest BCUT2D eigenvalue weighted by molar-refractivity contribution is -0.331. The fourth-order valence-electron chi connectivity index (χ4n) is 3.96. The predicted molar refractivity (Wildman–Crippen MR) is 113 cm³/mol. The summed E-state index contributed by atoms with van der Waals surface area (Å²) in [6, 6.07) is 11.6. The number of hydrogen-bond donors (Lipinski definition) is 0. The van der Waals surface area contributed by atoms with Gasteiger partial charge in [0.1, 0.15) is 24.7 Å². The van der Waals surface area contributed by atoms with Crippen molar-refractivity contribution in [3.63, 3.8) is 0 Å². The van der Waals surface area contributed by atoms with Crippen LogP contribution in [-0.2, 0) is 0 Å². The Balaban J connectivity index is 1.56. The molecule has 0 radical (unpaired) electrons. The van der Waals surface area contributed by atoms with Crippen LogP contribution in [0.15, 0.2) is 42.5 Å². The van der Waals surface area contributed by atoms with Crippen molar-refractivity contribution in [2.24, 2.45) is 0 Å². The first-order valence-corrected chi connectivity index (χ1v) is 9.89. The molecule has 0 saturated carbocycles. The summed E-state index contributed by atoms with van der Waals surface area (Å²) in [5.74, 6) is 2.10. The Morgan fingerprint density at radius 3 is 2.23 bits per heavy atom. The fourth-order valence-corrected chi connectivity index (χ4v) is 3.96. The number of anilines is 1. The van der Waals surface area contributed by atoms with Crippen LogP contribution in [0.3, 0.4) is 0 Å². The molecule has 1 aliphatic rings. The largest absolute Gasteiger partial charge is 0.496 e. The van der Waals surface area contributed by atoms with Gasteiger partial charge in [-0.1, -0.05) is 0 Å². The van der Waals surface area contributed by atoms with Crippen LogP contribution in [0.4, 0.5) is 10.2 Å². The second-order valence-corrected chi connectivity index (χ2v) is 7.34. The van der Waals surface area contributed by atoms with Gasteiger partial charge in [-0.05, 0) is 48.9 Å². The van der Waals surface area contributed by atoms with E-state index in [1.165, 1.54) is 24.3 Å². The lowest BCUT2D eigenvalue weighted by Crippen LogP contribution is -2.50. The molecule has 156 valence electrons. The zero-order valence-corrected chi connectivity index (χ0v) is 17.4. The standard InChI is InChI=1S/C23H24FN3O3/c1-15-14-20(25-22-19(30-3)9-8-18(29-2)21(15)22)26-10-12-27(13-11-26)23(28)16-4-6-17(24)7-5-16/h4-9,14H,10-13H2,1-3H3/p+1. The molecule has 3 aromatic rings. The van der Waals surface area contributed by atoms with Crippen LogP contribution in [0.5, 0.6) is 11.5 Å². The van der Waals surface area contributed by atoms with Gasteiger partial charge in [-0.15, -0.1) is 0 Å². The predicted octanol–water partition coefficient (Wildman–Crippen LogP) is 3.08. The lowest BCUT2D eigenvalue weighted by Gasteiger charge is -2.31. The van der Waals surface area contributed by atoms with Crippen LogP contribution in [0.1, 0.15) is 15.9 Å². The number of nitrogens with one attached hydrogen (secondary N) is 1. The summed E-state index contributed by atoms with van der Waals surface area (Å²) in [4.78, 5) is 20.2. The number of carbonyl (C=O) groups is 1. The molecule has 7 heteroatoms. The monoisotopic (exact) mass is 410 g/mol. The van der Waals surface area contributed by atoms with E-state index >= 15 is 0 Å². The zero-order valence-electron chi connectivity index (χ0n) is 17.4. The maximum absolute atomic E-state index is 13.1. The van der Waals surface area contributed by atoms with Gasteiger partial charge in [0.05, 0.1) is 32.7 Å². The molecule has 6 nitrogen and oxygen atoms in total. The van der Waals surface area contributed by atoms with E-state index in [1.807, 2.05) is 12.1 Å². The molecule has 1 aliphatic heterocycles. The van der Waals surface area contributed by atoms with Crippen LogP contribution in [-0.4, -0.2) is 51.2 Å². The minimum atomic E-state index is -0.342. The van der Waals surface area contributed by atoms with Gasteiger partial charge >= 0.3 is 0 Å². The topological polar surface area (TPSA) is 56.2 Å². The number of hydrogen-bond acceptors (Lipinski definition) is 4. The average Bonchev–Trinajstić information content (AvgIpc) is 2.78. The van der Waals surface area contributed by atoms with Gasteiger partial charge in [0.2, 0.25) is 0 Å². The average molecular weight is 410 g/mol. The third kappa shape index (κ3) is 3.63. The quantitative estimate of drug-likeness (QED) is 0.663. The number of piperazine rings is 1. The Hall–Kier alpha value is -3.35. The third-order valence-electron chi connectivity index (χ3n) is 5.57. The van der Waals surface area contributed by atoms with E-state index in [0.717, 1.165) is 33.8 Å². The van der Waals surface area contributed by atoms with E-state index in [-0.39, 0.29) is 11.7 Å². The molecule has 2 heterocycles. The van der Waals surface area contributed by atoms with E-state index in [0.29, 0.717) is 31.7 Å². The molecule has 1 aromatic heterocycles. The van der Waals surface area contributed by atoms with Crippen LogP contribution in [0.25, 0.3) is 10.9 Å². The van der Waals surface area contributed by atoms with E-state index in [9.17, 15) is 9.18 Å². The second-order valence-electron chi connectivity index (χ2n) is 7.34. The summed E-state index contributed by atoms with van der Waals surface area (Å²) in [6.45, 7) is 4.63. The number of carbonyl (C=O) groups excluding carboxylic acids is 1. The van der Waals surface area contributed by atoms with Crippen LogP contribution in [0, 0.1) is 12.7 Å². The van der Waals surface area contributed by atoms with Crippen molar-refractivity contribution in [1.82, 2.24) is 4.90 Å². The fraction of sp³-hybridized carbons (Fsp3) is 0.304. The van der Waals surface area contributed by atoms with E-state index < -0.39 is 0 Å². The van der Waals surface area contributed by atoms with Gasteiger partial charge in [0, 0.05) is 11.6 Å². The number of halogens is 1. The third-order valence-corrected chi connectivity index (χ3v) is 5.57. The maximum Gasteiger partial charge on any atom is 0.275 e. The highest BCUT2D eigenvalue weighted by Crippen LogP contribution is 2.34.